The monoisotopic (exact) mass is 144 g/mol. The quantitative estimate of drug-likeness (QED) is 0.396. The highest BCUT2D eigenvalue weighted by molar-refractivity contribution is 5.78. The van der Waals surface area contributed by atoms with E-state index in [4.69, 9.17) is 11.5 Å². The molecular weight excluding hydrogens is 132 g/mol. The van der Waals surface area contributed by atoms with E-state index in [-0.39, 0.29) is 12.3 Å². The van der Waals surface area contributed by atoms with Gasteiger partial charge in [0.05, 0.1) is 6.42 Å². The van der Waals surface area contributed by atoms with Crippen molar-refractivity contribution in [2.24, 2.45) is 11.5 Å². The smallest absolute Gasteiger partial charge is 0.241 e. The molecule has 1 aliphatic heterocycles. The van der Waals surface area contributed by atoms with E-state index in [1.807, 2.05) is 0 Å². The molecule has 1 rings (SSSR count). The second-order valence-corrected chi connectivity index (χ2v) is 2.61. The lowest BCUT2D eigenvalue weighted by Gasteiger charge is -2.29. The van der Waals surface area contributed by atoms with Crippen molar-refractivity contribution in [1.82, 2.24) is 10.0 Å². The van der Waals surface area contributed by atoms with Crippen molar-refractivity contribution in [2.45, 2.75) is 12.2 Å². The Morgan fingerprint density at radius 3 is 2.10 bits per heavy atom. The summed E-state index contributed by atoms with van der Waals surface area (Å²) in [5, 5.41) is 2.94. The Kier molecular flexibility index (Phi) is 1.43. The topological polar surface area (TPSA) is 75.6 Å². The van der Waals surface area contributed by atoms with Gasteiger partial charge in [0, 0.05) is 14.1 Å². The maximum atomic E-state index is 10.9. The van der Waals surface area contributed by atoms with Crippen LogP contribution < -0.4 is 11.5 Å². The summed E-state index contributed by atoms with van der Waals surface area (Å²) >= 11 is 0. The molecule has 5 heteroatoms. The predicted octanol–water partition coefficient (Wildman–Crippen LogP) is -1.73. The second-order valence-electron chi connectivity index (χ2n) is 2.61. The molecule has 0 spiro atoms. The molecule has 0 aromatic carbocycles. The fraction of sp³-hybridized carbons (Fsp3) is 0.800. The van der Waals surface area contributed by atoms with Gasteiger partial charge in [0.25, 0.3) is 0 Å². The van der Waals surface area contributed by atoms with E-state index in [2.05, 4.69) is 0 Å². The molecule has 0 aromatic rings. The Balaban J connectivity index is 2.81. The number of hydrazine groups is 1. The average Bonchev–Trinajstić information content (AvgIpc) is 1.95. The van der Waals surface area contributed by atoms with E-state index >= 15 is 0 Å². The van der Waals surface area contributed by atoms with E-state index < -0.39 is 5.79 Å². The van der Waals surface area contributed by atoms with Crippen LogP contribution in [0.3, 0.4) is 0 Å². The maximum absolute atomic E-state index is 10.9. The summed E-state index contributed by atoms with van der Waals surface area (Å²) in [5.74, 6) is -1.04. The molecule has 0 aliphatic carbocycles. The van der Waals surface area contributed by atoms with Gasteiger partial charge in [-0.2, -0.15) is 5.01 Å². The summed E-state index contributed by atoms with van der Waals surface area (Å²) in [5.41, 5.74) is 11.1. The lowest BCUT2D eigenvalue weighted by Crippen LogP contribution is -2.59. The largest absolute Gasteiger partial charge is 0.299 e. The normalized spacial score (nSPS) is 26.0. The lowest BCUT2D eigenvalue weighted by molar-refractivity contribution is -0.135. The number of rotatable bonds is 0. The summed E-state index contributed by atoms with van der Waals surface area (Å²) in [4.78, 5) is 10.9. The van der Waals surface area contributed by atoms with E-state index in [1.165, 1.54) is 10.0 Å². The fourth-order valence-corrected chi connectivity index (χ4v) is 0.918. The molecule has 0 saturated carbocycles. The minimum Gasteiger partial charge on any atom is -0.299 e. The number of carbonyl (C=O) groups excluding carboxylic acids is 1. The standard InChI is InChI=1S/C5H12N4O/c1-8-4(10)3-5(6,7)9(8)2/h3,6-7H2,1-2H3. The van der Waals surface area contributed by atoms with Crippen LogP contribution in [0.25, 0.3) is 0 Å². The molecule has 5 nitrogen and oxygen atoms in total. The van der Waals surface area contributed by atoms with E-state index in [1.54, 1.807) is 14.1 Å². The molecule has 0 radical (unpaired) electrons. The van der Waals surface area contributed by atoms with Crippen LogP contribution in [0.2, 0.25) is 0 Å². The van der Waals surface area contributed by atoms with Crippen LogP contribution in [0.4, 0.5) is 0 Å². The van der Waals surface area contributed by atoms with Crippen LogP contribution in [0.15, 0.2) is 0 Å². The number of hydrogen-bond donors (Lipinski definition) is 2. The third-order valence-corrected chi connectivity index (χ3v) is 1.85. The molecule has 0 aromatic heterocycles. The Hall–Kier alpha value is -0.650. The van der Waals surface area contributed by atoms with Crippen molar-refractivity contribution in [3.63, 3.8) is 0 Å². The van der Waals surface area contributed by atoms with Crippen LogP contribution in [-0.4, -0.2) is 35.8 Å². The first kappa shape index (κ1) is 7.46. The Labute approximate surface area is 59.5 Å². The molecular formula is C5H12N4O. The molecule has 10 heavy (non-hydrogen) atoms. The molecule has 1 aliphatic rings. The van der Waals surface area contributed by atoms with Gasteiger partial charge >= 0.3 is 0 Å². The van der Waals surface area contributed by atoms with Gasteiger partial charge in [0.15, 0.2) is 0 Å². The first-order valence-corrected chi connectivity index (χ1v) is 3.03. The van der Waals surface area contributed by atoms with Crippen LogP contribution in [-0.2, 0) is 4.79 Å². The summed E-state index contributed by atoms with van der Waals surface area (Å²) in [7, 11) is 3.33. The van der Waals surface area contributed by atoms with Crippen molar-refractivity contribution < 1.29 is 4.79 Å². The van der Waals surface area contributed by atoms with Crippen LogP contribution in [0.5, 0.6) is 0 Å². The van der Waals surface area contributed by atoms with Gasteiger partial charge < -0.3 is 0 Å². The molecule has 58 valence electrons. The maximum Gasteiger partial charge on any atom is 0.241 e. The van der Waals surface area contributed by atoms with Gasteiger partial charge in [-0.25, -0.2) is 0 Å². The summed E-state index contributed by atoms with van der Waals surface area (Å²) in [6.07, 6.45) is 0.181. The number of nitrogens with two attached hydrogens (primary N) is 2. The zero-order chi connectivity index (χ0) is 7.94. The molecule has 0 atom stereocenters. The fourth-order valence-electron chi connectivity index (χ4n) is 0.918. The number of amides is 1. The molecule has 1 heterocycles. The molecule has 1 fully saturated rings. The number of carbonyl (C=O) groups is 1. The van der Waals surface area contributed by atoms with E-state index in [9.17, 15) is 4.79 Å². The van der Waals surface area contributed by atoms with E-state index in [0.29, 0.717) is 0 Å². The summed E-state index contributed by atoms with van der Waals surface area (Å²) in [6.45, 7) is 0. The average molecular weight is 144 g/mol. The number of nitrogens with zero attached hydrogens (tertiary/aromatic N) is 2. The first-order chi connectivity index (χ1) is 4.45. The van der Waals surface area contributed by atoms with Gasteiger partial charge in [-0.15, -0.1) is 0 Å². The highest BCUT2D eigenvalue weighted by Gasteiger charge is 2.40. The Morgan fingerprint density at radius 2 is 2.00 bits per heavy atom. The van der Waals surface area contributed by atoms with Crippen molar-refractivity contribution in [3.05, 3.63) is 0 Å². The molecule has 4 N–H and O–H groups in total. The molecule has 1 amide bonds. The van der Waals surface area contributed by atoms with Crippen LogP contribution in [0.1, 0.15) is 6.42 Å². The highest BCUT2D eigenvalue weighted by atomic mass is 16.2. The van der Waals surface area contributed by atoms with Crippen molar-refractivity contribution in [2.75, 3.05) is 14.1 Å². The van der Waals surface area contributed by atoms with Gasteiger partial charge in [0.1, 0.15) is 5.79 Å². The first-order valence-electron chi connectivity index (χ1n) is 3.03. The predicted molar refractivity (Wildman–Crippen MR) is 36.3 cm³/mol. The Bertz CT molecular complexity index is 167. The highest BCUT2D eigenvalue weighted by Crippen LogP contribution is 2.16. The van der Waals surface area contributed by atoms with Crippen molar-refractivity contribution in [3.8, 4) is 0 Å². The van der Waals surface area contributed by atoms with Gasteiger partial charge in [-0.05, 0) is 0 Å². The van der Waals surface area contributed by atoms with Gasteiger partial charge in [0.2, 0.25) is 5.91 Å². The van der Waals surface area contributed by atoms with Crippen molar-refractivity contribution >= 4 is 5.91 Å². The third-order valence-electron chi connectivity index (χ3n) is 1.85. The summed E-state index contributed by atoms with van der Waals surface area (Å²) in [6, 6.07) is 0. The minimum absolute atomic E-state index is 0.0486. The van der Waals surface area contributed by atoms with E-state index in [0.717, 1.165) is 0 Å². The third kappa shape index (κ3) is 0.880. The zero-order valence-corrected chi connectivity index (χ0v) is 6.16. The lowest BCUT2D eigenvalue weighted by atomic mass is 10.3. The zero-order valence-electron chi connectivity index (χ0n) is 6.16. The summed E-state index contributed by atoms with van der Waals surface area (Å²) < 4.78 is 0. The molecule has 0 bridgehead atoms. The number of hydrogen-bond acceptors (Lipinski definition) is 4. The molecule has 1 saturated heterocycles. The van der Waals surface area contributed by atoms with Crippen LogP contribution in [0, 0.1) is 0 Å². The van der Waals surface area contributed by atoms with Gasteiger partial charge in [-0.3, -0.25) is 21.3 Å². The molecule has 0 unspecified atom stereocenters. The minimum atomic E-state index is -0.994. The second kappa shape index (κ2) is 1.91. The van der Waals surface area contributed by atoms with Gasteiger partial charge in [-0.1, -0.05) is 0 Å². The SMILES string of the molecule is CN1C(=O)CC(N)(N)N1C. The Morgan fingerprint density at radius 1 is 1.50 bits per heavy atom. The van der Waals surface area contributed by atoms with Crippen LogP contribution >= 0.6 is 0 Å². The van der Waals surface area contributed by atoms with Crippen molar-refractivity contribution in [1.29, 1.82) is 0 Å².